The van der Waals surface area contributed by atoms with Crippen LogP contribution in [0, 0.1) is 0 Å². The van der Waals surface area contributed by atoms with E-state index in [1.807, 2.05) is 0 Å². The van der Waals surface area contributed by atoms with Gasteiger partial charge in [-0.25, -0.2) is 0 Å². The third kappa shape index (κ3) is 5.61. The Morgan fingerprint density at radius 2 is 1.25 bits per heavy atom. The van der Waals surface area contributed by atoms with Crippen LogP contribution in [0.5, 0.6) is 0 Å². The molecule has 0 spiro atoms. The summed E-state index contributed by atoms with van der Waals surface area (Å²) < 4.78 is 0. The molecule has 108 valence electrons. The summed E-state index contributed by atoms with van der Waals surface area (Å²) in [5, 5.41) is 0. The molecule has 0 amide bonds. The fourth-order valence-corrected chi connectivity index (χ4v) is 1.96. The highest BCUT2D eigenvalue weighted by Crippen LogP contribution is 2.20. The predicted octanol–water partition coefficient (Wildman–Crippen LogP) is 6.18. The highest BCUT2D eigenvalue weighted by atomic mass is 14.2. The zero-order valence-corrected chi connectivity index (χ0v) is 13.6. The van der Waals surface area contributed by atoms with Gasteiger partial charge in [0.05, 0.1) is 0 Å². The molecular weight excluding hydrogens is 240 g/mol. The van der Waals surface area contributed by atoms with E-state index in [0.717, 1.165) is 0 Å². The van der Waals surface area contributed by atoms with Crippen molar-refractivity contribution in [2.45, 2.75) is 52.4 Å². The number of hydrogen-bond donors (Lipinski definition) is 0. The topological polar surface area (TPSA) is 0 Å². The van der Waals surface area contributed by atoms with Crippen LogP contribution in [-0.2, 0) is 5.41 Å². The van der Waals surface area contributed by atoms with Gasteiger partial charge in [0.1, 0.15) is 0 Å². The summed E-state index contributed by atoms with van der Waals surface area (Å²) in [6.07, 6.45) is 1.23. The van der Waals surface area contributed by atoms with Crippen molar-refractivity contribution in [3.63, 3.8) is 0 Å². The van der Waals surface area contributed by atoms with Crippen molar-refractivity contribution in [2.75, 3.05) is 0 Å². The second kappa shape index (κ2) is 7.89. The van der Waals surface area contributed by atoms with Crippen LogP contribution < -0.4 is 0 Å². The van der Waals surface area contributed by atoms with Crippen molar-refractivity contribution in [1.82, 2.24) is 0 Å². The average molecular weight is 268 g/mol. The van der Waals surface area contributed by atoms with E-state index in [9.17, 15) is 0 Å². The Morgan fingerprint density at radius 1 is 0.800 bits per heavy atom. The molecule has 0 nitrogen and oxygen atoms in total. The molecule has 0 heterocycles. The second-order valence-corrected chi connectivity index (χ2v) is 6.34. The van der Waals surface area contributed by atoms with E-state index >= 15 is 0 Å². The molecule has 0 aliphatic rings. The summed E-state index contributed by atoms with van der Waals surface area (Å²) in [6, 6.07) is 21.2. The predicted molar refractivity (Wildman–Crippen MR) is 90.3 cm³/mol. The van der Waals surface area contributed by atoms with E-state index in [4.69, 9.17) is 0 Å². The number of benzene rings is 2. The van der Waals surface area contributed by atoms with E-state index in [-0.39, 0.29) is 0 Å². The molecule has 0 N–H and O–H groups in total. The van der Waals surface area contributed by atoms with Crippen molar-refractivity contribution in [1.29, 1.82) is 0 Å². The maximum atomic E-state index is 2.26. The lowest BCUT2D eigenvalue weighted by molar-refractivity contribution is 0.590. The lowest BCUT2D eigenvalue weighted by atomic mass is 9.87. The van der Waals surface area contributed by atoms with Gasteiger partial charge in [-0.3, -0.25) is 0 Å². The molecule has 0 heteroatoms. The van der Waals surface area contributed by atoms with E-state index in [2.05, 4.69) is 95.3 Å². The standard InChI is InChI=1S/2C10H14/c1-10(2,3)9-7-5-4-6-8-9;1-3-9(2)10-7-5-4-6-8-10/h4-8H,1-3H3;4-9H,3H2,1-2H3. The molecule has 0 aliphatic carbocycles. The Kier molecular flexibility index (Phi) is 6.51. The van der Waals surface area contributed by atoms with Gasteiger partial charge >= 0.3 is 0 Å². The lowest BCUT2D eigenvalue weighted by Gasteiger charge is -2.18. The van der Waals surface area contributed by atoms with E-state index < -0.39 is 0 Å². The molecule has 0 bridgehead atoms. The zero-order chi connectivity index (χ0) is 15.0. The molecule has 1 atom stereocenters. The Bertz CT molecular complexity index is 462. The van der Waals surface area contributed by atoms with Crippen LogP contribution in [0.3, 0.4) is 0 Å². The number of rotatable bonds is 2. The van der Waals surface area contributed by atoms with E-state index in [1.54, 1.807) is 0 Å². The van der Waals surface area contributed by atoms with Crippen LogP contribution in [0.25, 0.3) is 0 Å². The fourth-order valence-electron chi connectivity index (χ4n) is 1.96. The van der Waals surface area contributed by atoms with Crippen LogP contribution in [0.15, 0.2) is 60.7 Å². The molecule has 2 rings (SSSR count). The van der Waals surface area contributed by atoms with Crippen LogP contribution >= 0.6 is 0 Å². The second-order valence-electron chi connectivity index (χ2n) is 6.34. The first-order valence-electron chi connectivity index (χ1n) is 7.55. The maximum absolute atomic E-state index is 2.26. The Morgan fingerprint density at radius 3 is 1.60 bits per heavy atom. The third-order valence-corrected chi connectivity index (χ3v) is 3.62. The Balaban J connectivity index is 0.000000200. The summed E-state index contributed by atoms with van der Waals surface area (Å²) in [4.78, 5) is 0. The van der Waals surface area contributed by atoms with Crippen molar-refractivity contribution >= 4 is 0 Å². The van der Waals surface area contributed by atoms with E-state index in [1.165, 1.54) is 17.5 Å². The smallest absolute Gasteiger partial charge is 0.0132 e. The molecule has 0 aromatic heterocycles. The quantitative estimate of drug-likeness (QED) is 0.609. The first kappa shape index (κ1) is 16.5. The van der Waals surface area contributed by atoms with Gasteiger partial charge < -0.3 is 0 Å². The van der Waals surface area contributed by atoms with Crippen molar-refractivity contribution in [3.8, 4) is 0 Å². The summed E-state index contributed by atoms with van der Waals surface area (Å²) in [6.45, 7) is 11.2. The summed E-state index contributed by atoms with van der Waals surface area (Å²) in [5.41, 5.74) is 3.14. The minimum absolute atomic E-state index is 0.293. The number of hydrogen-bond acceptors (Lipinski definition) is 0. The first-order valence-corrected chi connectivity index (χ1v) is 7.55. The minimum Gasteiger partial charge on any atom is -0.0648 e. The molecule has 0 radical (unpaired) electrons. The highest BCUT2D eigenvalue weighted by Gasteiger charge is 2.11. The van der Waals surface area contributed by atoms with Crippen molar-refractivity contribution in [2.24, 2.45) is 0 Å². The first-order chi connectivity index (χ1) is 9.45. The minimum atomic E-state index is 0.293. The Labute approximate surface area is 124 Å². The fraction of sp³-hybridized carbons (Fsp3) is 0.400. The maximum Gasteiger partial charge on any atom is -0.0132 e. The summed E-state index contributed by atoms with van der Waals surface area (Å²) in [7, 11) is 0. The summed E-state index contributed by atoms with van der Waals surface area (Å²) >= 11 is 0. The molecule has 2 aromatic rings. The largest absolute Gasteiger partial charge is 0.0648 e. The normalized spacial score (nSPS) is 12.2. The van der Waals surface area contributed by atoms with Gasteiger partial charge in [0.25, 0.3) is 0 Å². The molecule has 0 saturated heterocycles. The van der Waals surface area contributed by atoms with Crippen LogP contribution in [-0.4, -0.2) is 0 Å². The average Bonchev–Trinajstić information content (AvgIpc) is 2.48. The third-order valence-electron chi connectivity index (χ3n) is 3.62. The van der Waals surface area contributed by atoms with Gasteiger partial charge in [-0.05, 0) is 28.9 Å². The molecule has 0 fully saturated rings. The van der Waals surface area contributed by atoms with Crippen LogP contribution in [0.2, 0.25) is 0 Å². The van der Waals surface area contributed by atoms with Crippen molar-refractivity contribution < 1.29 is 0 Å². The molecule has 2 aromatic carbocycles. The molecule has 0 aliphatic heterocycles. The SMILES string of the molecule is CC(C)(C)c1ccccc1.CCC(C)c1ccccc1. The molecule has 20 heavy (non-hydrogen) atoms. The molecule has 0 saturated carbocycles. The molecule has 1 unspecified atom stereocenters. The van der Waals surface area contributed by atoms with Gasteiger partial charge in [-0.15, -0.1) is 0 Å². The van der Waals surface area contributed by atoms with Crippen LogP contribution in [0.4, 0.5) is 0 Å². The van der Waals surface area contributed by atoms with Gasteiger partial charge in [0.15, 0.2) is 0 Å². The van der Waals surface area contributed by atoms with Crippen LogP contribution in [0.1, 0.15) is 58.1 Å². The van der Waals surface area contributed by atoms with E-state index in [0.29, 0.717) is 11.3 Å². The molecular formula is C20H28. The monoisotopic (exact) mass is 268 g/mol. The lowest BCUT2D eigenvalue weighted by Crippen LogP contribution is -2.10. The Hall–Kier alpha value is -1.56. The van der Waals surface area contributed by atoms with Gasteiger partial charge in [-0.2, -0.15) is 0 Å². The summed E-state index contributed by atoms with van der Waals surface area (Å²) in [5.74, 6) is 0.709. The van der Waals surface area contributed by atoms with Gasteiger partial charge in [-0.1, -0.05) is 95.3 Å². The zero-order valence-electron chi connectivity index (χ0n) is 13.6. The highest BCUT2D eigenvalue weighted by molar-refractivity contribution is 5.22. The van der Waals surface area contributed by atoms with Gasteiger partial charge in [0.2, 0.25) is 0 Å². The van der Waals surface area contributed by atoms with Gasteiger partial charge in [0, 0.05) is 0 Å². The van der Waals surface area contributed by atoms with Crippen molar-refractivity contribution in [3.05, 3.63) is 71.8 Å².